The molecule has 0 amide bonds. The van der Waals surface area contributed by atoms with E-state index in [9.17, 15) is 4.39 Å². The van der Waals surface area contributed by atoms with E-state index in [0.717, 1.165) is 5.56 Å². The fraction of sp³-hybridized carbons (Fsp3) is 0.0909. The molecular weight excluding hydrogens is 211 g/mol. The molecule has 76 valence electrons. The summed E-state index contributed by atoms with van der Waals surface area (Å²) < 4.78 is 13.7. The summed E-state index contributed by atoms with van der Waals surface area (Å²) in [5.74, 6) is 0.320. The van der Waals surface area contributed by atoms with Crippen LogP contribution in [0.2, 0.25) is 0 Å². The Bertz CT molecular complexity index is 528. The number of nitrogens with one attached hydrogen (secondary N) is 1. The van der Waals surface area contributed by atoms with Crippen LogP contribution in [0.4, 0.5) is 4.39 Å². The fourth-order valence-corrected chi connectivity index (χ4v) is 1.55. The number of nitrogens with zero attached hydrogens (tertiary/aromatic N) is 1. The van der Waals surface area contributed by atoms with Crippen LogP contribution in [0.3, 0.4) is 0 Å². The molecule has 0 bridgehead atoms. The number of aromatic amines is 1. The Morgan fingerprint density at radius 1 is 1.33 bits per heavy atom. The van der Waals surface area contributed by atoms with E-state index >= 15 is 0 Å². The van der Waals surface area contributed by atoms with Gasteiger partial charge in [-0.15, -0.1) is 0 Å². The molecule has 0 spiro atoms. The Morgan fingerprint density at radius 2 is 2.13 bits per heavy atom. The smallest absolute Gasteiger partial charge is 0.138 e. The van der Waals surface area contributed by atoms with Crippen molar-refractivity contribution < 1.29 is 4.39 Å². The van der Waals surface area contributed by atoms with Gasteiger partial charge in [0.05, 0.1) is 0 Å². The maximum Gasteiger partial charge on any atom is 0.138 e. The average molecular weight is 220 g/mol. The van der Waals surface area contributed by atoms with Crippen LogP contribution in [0.15, 0.2) is 30.5 Å². The topological polar surface area (TPSA) is 28.7 Å². The van der Waals surface area contributed by atoms with E-state index in [4.69, 9.17) is 12.2 Å². The molecule has 0 aliphatic heterocycles. The summed E-state index contributed by atoms with van der Waals surface area (Å²) in [6, 6.07) is 6.45. The highest BCUT2D eigenvalue weighted by molar-refractivity contribution is 7.71. The van der Waals surface area contributed by atoms with Gasteiger partial charge in [-0.3, -0.25) is 0 Å². The molecule has 0 saturated heterocycles. The average Bonchev–Trinajstić information content (AvgIpc) is 2.16. The Labute approximate surface area is 91.8 Å². The second kappa shape index (κ2) is 3.90. The zero-order chi connectivity index (χ0) is 10.8. The summed E-state index contributed by atoms with van der Waals surface area (Å²) in [5, 5.41) is 0. The third-order valence-corrected chi connectivity index (χ3v) is 2.22. The minimum atomic E-state index is -0.269. The van der Waals surface area contributed by atoms with Gasteiger partial charge in [-0.05, 0) is 36.8 Å². The van der Waals surface area contributed by atoms with Crippen molar-refractivity contribution in [2.75, 3.05) is 0 Å². The van der Waals surface area contributed by atoms with Crippen molar-refractivity contribution >= 4 is 12.2 Å². The Balaban J connectivity index is 2.58. The standard InChI is InChI=1S/C11H9FN2S/c1-7-4-8(6-9(12)5-7)11-13-3-2-10(15)14-11/h2-6H,1H3,(H,13,14,15). The van der Waals surface area contributed by atoms with Crippen LogP contribution in [-0.4, -0.2) is 9.97 Å². The number of hydrogen-bond donors (Lipinski definition) is 1. The van der Waals surface area contributed by atoms with E-state index in [0.29, 0.717) is 16.0 Å². The number of halogens is 1. The van der Waals surface area contributed by atoms with Gasteiger partial charge in [0, 0.05) is 11.8 Å². The summed E-state index contributed by atoms with van der Waals surface area (Å²) >= 11 is 4.98. The second-order valence-electron chi connectivity index (χ2n) is 3.30. The summed E-state index contributed by atoms with van der Waals surface area (Å²) in [6.07, 6.45) is 1.61. The summed E-state index contributed by atoms with van der Waals surface area (Å²) in [4.78, 5) is 7.02. The molecule has 0 atom stereocenters. The third-order valence-electron chi connectivity index (χ3n) is 1.99. The highest BCUT2D eigenvalue weighted by Crippen LogP contribution is 2.17. The van der Waals surface area contributed by atoms with Crippen LogP contribution in [0.1, 0.15) is 5.56 Å². The molecular formula is C11H9FN2S. The Kier molecular flexibility index (Phi) is 2.60. The molecule has 0 saturated carbocycles. The van der Waals surface area contributed by atoms with Gasteiger partial charge < -0.3 is 4.98 Å². The van der Waals surface area contributed by atoms with Crippen molar-refractivity contribution in [2.45, 2.75) is 6.92 Å². The number of rotatable bonds is 1. The van der Waals surface area contributed by atoms with E-state index < -0.39 is 0 Å². The highest BCUT2D eigenvalue weighted by atomic mass is 32.1. The first-order valence-corrected chi connectivity index (χ1v) is 4.89. The van der Waals surface area contributed by atoms with Crippen molar-refractivity contribution in [3.05, 3.63) is 46.5 Å². The summed E-state index contributed by atoms with van der Waals surface area (Å²) in [7, 11) is 0. The maximum absolute atomic E-state index is 13.1. The van der Waals surface area contributed by atoms with Crippen molar-refractivity contribution in [1.82, 2.24) is 9.97 Å². The third kappa shape index (κ3) is 2.27. The fourth-order valence-electron chi connectivity index (χ4n) is 1.39. The molecule has 0 unspecified atom stereocenters. The molecule has 0 fully saturated rings. The van der Waals surface area contributed by atoms with Gasteiger partial charge in [-0.2, -0.15) is 0 Å². The highest BCUT2D eigenvalue weighted by Gasteiger charge is 2.02. The molecule has 15 heavy (non-hydrogen) atoms. The SMILES string of the molecule is Cc1cc(F)cc(-c2nccc(=S)[nH]2)c1. The summed E-state index contributed by atoms with van der Waals surface area (Å²) in [5.41, 5.74) is 1.56. The zero-order valence-corrected chi connectivity index (χ0v) is 8.94. The summed E-state index contributed by atoms with van der Waals surface area (Å²) in [6.45, 7) is 1.84. The van der Waals surface area contributed by atoms with Gasteiger partial charge in [0.1, 0.15) is 16.3 Å². The van der Waals surface area contributed by atoms with Gasteiger partial charge in [0.15, 0.2) is 0 Å². The van der Waals surface area contributed by atoms with Crippen molar-refractivity contribution in [3.63, 3.8) is 0 Å². The van der Waals surface area contributed by atoms with Crippen LogP contribution in [0.25, 0.3) is 11.4 Å². The molecule has 1 aromatic heterocycles. The molecule has 1 heterocycles. The van der Waals surface area contributed by atoms with Gasteiger partial charge in [0.2, 0.25) is 0 Å². The van der Waals surface area contributed by atoms with Crippen molar-refractivity contribution in [3.8, 4) is 11.4 Å². The number of aryl methyl sites for hydroxylation is 1. The van der Waals surface area contributed by atoms with Crippen LogP contribution >= 0.6 is 12.2 Å². The first kappa shape index (κ1) is 9.98. The second-order valence-corrected chi connectivity index (χ2v) is 3.74. The predicted molar refractivity (Wildman–Crippen MR) is 59.6 cm³/mol. The van der Waals surface area contributed by atoms with Crippen LogP contribution in [0.5, 0.6) is 0 Å². The molecule has 2 rings (SSSR count). The van der Waals surface area contributed by atoms with Crippen molar-refractivity contribution in [2.24, 2.45) is 0 Å². The van der Waals surface area contributed by atoms with Gasteiger partial charge >= 0.3 is 0 Å². The lowest BCUT2D eigenvalue weighted by Gasteiger charge is -2.02. The number of benzene rings is 1. The molecule has 0 aliphatic carbocycles. The van der Waals surface area contributed by atoms with Gasteiger partial charge in [-0.25, -0.2) is 9.37 Å². The number of aromatic nitrogens is 2. The van der Waals surface area contributed by atoms with E-state index in [1.807, 2.05) is 13.0 Å². The lowest BCUT2D eigenvalue weighted by molar-refractivity contribution is 0.627. The normalized spacial score (nSPS) is 10.3. The predicted octanol–water partition coefficient (Wildman–Crippen LogP) is 3.25. The molecule has 1 N–H and O–H groups in total. The maximum atomic E-state index is 13.1. The largest absolute Gasteiger partial charge is 0.331 e. The van der Waals surface area contributed by atoms with E-state index in [-0.39, 0.29) is 5.82 Å². The molecule has 4 heteroatoms. The molecule has 2 nitrogen and oxygen atoms in total. The monoisotopic (exact) mass is 220 g/mol. The first-order valence-electron chi connectivity index (χ1n) is 4.48. The van der Waals surface area contributed by atoms with Crippen LogP contribution in [-0.2, 0) is 0 Å². The molecule has 0 radical (unpaired) electrons. The molecule has 2 aromatic rings. The number of hydrogen-bond acceptors (Lipinski definition) is 2. The van der Waals surface area contributed by atoms with Crippen molar-refractivity contribution in [1.29, 1.82) is 0 Å². The van der Waals surface area contributed by atoms with Crippen LogP contribution in [0, 0.1) is 17.4 Å². The lowest BCUT2D eigenvalue weighted by Crippen LogP contribution is -1.90. The van der Waals surface area contributed by atoms with Crippen LogP contribution < -0.4 is 0 Å². The minimum absolute atomic E-state index is 0.269. The first-order chi connectivity index (χ1) is 7.15. The number of H-pyrrole nitrogens is 1. The van der Waals surface area contributed by atoms with Gasteiger partial charge in [0.25, 0.3) is 0 Å². The zero-order valence-electron chi connectivity index (χ0n) is 8.12. The van der Waals surface area contributed by atoms with Gasteiger partial charge in [-0.1, -0.05) is 12.2 Å². The van der Waals surface area contributed by atoms with E-state index in [1.54, 1.807) is 12.3 Å². The minimum Gasteiger partial charge on any atom is -0.331 e. The van der Waals surface area contributed by atoms with E-state index in [1.165, 1.54) is 12.1 Å². The lowest BCUT2D eigenvalue weighted by atomic mass is 10.1. The Morgan fingerprint density at radius 3 is 2.80 bits per heavy atom. The quantitative estimate of drug-likeness (QED) is 0.747. The molecule has 1 aromatic carbocycles. The Hall–Kier alpha value is -1.55. The van der Waals surface area contributed by atoms with E-state index in [2.05, 4.69) is 9.97 Å². The molecule has 0 aliphatic rings.